The Bertz CT molecular complexity index is 883. The second-order valence-electron chi connectivity index (χ2n) is 5.06. The molecule has 0 aliphatic rings. The summed E-state index contributed by atoms with van der Waals surface area (Å²) in [6.45, 7) is 1.96. The average Bonchev–Trinajstić information content (AvgIpc) is 2.61. The summed E-state index contributed by atoms with van der Waals surface area (Å²) >= 11 is 1.28. The molecule has 0 N–H and O–H groups in total. The van der Waals surface area contributed by atoms with E-state index in [1.807, 2.05) is 31.2 Å². The molecule has 0 unspecified atom stereocenters. The van der Waals surface area contributed by atoms with Crippen molar-refractivity contribution in [2.45, 2.75) is 16.7 Å². The Morgan fingerprint density at radius 2 is 1.96 bits per heavy atom. The Labute approximate surface area is 148 Å². The molecule has 0 spiro atoms. The Hall–Kier alpha value is -3.11. The number of aryl methyl sites for hydroxylation is 1. The summed E-state index contributed by atoms with van der Waals surface area (Å²) in [5.41, 5.74) is 1.16. The number of ether oxygens (including phenoxy) is 1. The third-order valence-corrected chi connectivity index (χ3v) is 4.34. The van der Waals surface area contributed by atoms with Crippen LogP contribution in [-0.4, -0.2) is 18.0 Å². The van der Waals surface area contributed by atoms with Gasteiger partial charge in [0.25, 0.3) is 5.69 Å². The van der Waals surface area contributed by atoms with Gasteiger partial charge in [-0.2, -0.15) is 5.26 Å². The van der Waals surface area contributed by atoms with E-state index in [4.69, 9.17) is 5.26 Å². The maximum absolute atomic E-state index is 11.5. The number of nitrogens with zero attached hydrogens (tertiary/aromatic N) is 2. The summed E-state index contributed by atoms with van der Waals surface area (Å²) < 4.78 is 4.50. The minimum atomic E-state index is -0.789. The summed E-state index contributed by atoms with van der Waals surface area (Å²) in [4.78, 5) is 23.7. The highest BCUT2D eigenvalue weighted by atomic mass is 32.2. The number of nitriles is 1. The molecule has 0 heterocycles. The normalized spacial score (nSPS) is 10.8. The summed E-state index contributed by atoms with van der Waals surface area (Å²) in [7, 11) is 1.16. The highest BCUT2D eigenvalue weighted by Crippen LogP contribution is 2.35. The molecule has 2 rings (SSSR count). The number of rotatable bonds is 5. The Morgan fingerprint density at radius 1 is 1.28 bits per heavy atom. The summed E-state index contributed by atoms with van der Waals surface area (Å²) in [5.74, 6) is -0.789. The number of nitro groups is 1. The van der Waals surface area contributed by atoms with E-state index in [1.165, 1.54) is 23.9 Å². The first-order valence-electron chi connectivity index (χ1n) is 7.17. The fraction of sp³-hybridized carbons (Fsp3) is 0.111. The van der Waals surface area contributed by atoms with Crippen LogP contribution in [0.4, 0.5) is 5.69 Å². The van der Waals surface area contributed by atoms with Gasteiger partial charge in [0, 0.05) is 11.0 Å². The van der Waals surface area contributed by atoms with Crippen LogP contribution in [0.25, 0.3) is 6.08 Å². The largest absolute Gasteiger partial charge is 0.465 e. The molecule has 0 aliphatic carbocycles. The van der Waals surface area contributed by atoms with Gasteiger partial charge in [-0.1, -0.05) is 35.5 Å². The Balaban J connectivity index is 2.39. The van der Waals surface area contributed by atoms with Crippen LogP contribution in [0.2, 0.25) is 0 Å². The van der Waals surface area contributed by atoms with E-state index in [2.05, 4.69) is 4.74 Å². The van der Waals surface area contributed by atoms with Crippen molar-refractivity contribution in [3.63, 3.8) is 0 Å². The van der Waals surface area contributed by atoms with Gasteiger partial charge >= 0.3 is 5.97 Å². The summed E-state index contributed by atoms with van der Waals surface area (Å²) in [6.07, 6.45) is 1.26. The molecule has 25 heavy (non-hydrogen) atoms. The maximum Gasteiger partial charge on any atom is 0.348 e. The van der Waals surface area contributed by atoms with E-state index in [-0.39, 0.29) is 11.3 Å². The van der Waals surface area contributed by atoms with Gasteiger partial charge in [-0.25, -0.2) is 4.79 Å². The zero-order valence-corrected chi connectivity index (χ0v) is 14.4. The smallest absolute Gasteiger partial charge is 0.348 e. The van der Waals surface area contributed by atoms with Gasteiger partial charge < -0.3 is 4.74 Å². The van der Waals surface area contributed by atoms with Crippen LogP contribution in [0.1, 0.15) is 11.1 Å². The number of methoxy groups -OCH3 is 1. The van der Waals surface area contributed by atoms with Crippen molar-refractivity contribution in [1.82, 2.24) is 0 Å². The molecular formula is C18H14N2O4S. The summed E-state index contributed by atoms with van der Waals surface area (Å²) in [5, 5.41) is 20.4. The van der Waals surface area contributed by atoms with Gasteiger partial charge in [-0.05, 0) is 36.8 Å². The first-order chi connectivity index (χ1) is 11.9. The molecule has 7 heteroatoms. The number of carbonyl (C=O) groups is 1. The quantitative estimate of drug-likeness (QED) is 0.263. The van der Waals surface area contributed by atoms with Crippen LogP contribution in [0.3, 0.4) is 0 Å². The molecule has 6 nitrogen and oxygen atoms in total. The molecule has 2 aromatic rings. The highest BCUT2D eigenvalue weighted by Gasteiger charge is 2.16. The second-order valence-corrected chi connectivity index (χ2v) is 6.18. The SMILES string of the molecule is COC(=O)C(C#N)=Cc1ccc(Sc2ccc(C)cc2)c([N+](=O)[O-])c1. The predicted molar refractivity (Wildman–Crippen MR) is 94.0 cm³/mol. The van der Waals surface area contributed by atoms with E-state index in [0.717, 1.165) is 17.6 Å². The van der Waals surface area contributed by atoms with Crippen LogP contribution < -0.4 is 0 Å². The molecule has 0 bridgehead atoms. The lowest BCUT2D eigenvalue weighted by molar-refractivity contribution is -0.387. The zero-order chi connectivity index (χ0) is 18.4. The van der Waals surface area contributed by atoms with Gasteiger partial charge in [-0.3, -0.25) is 10.1 Å². The molecule has 0 amide bonds. The number of benzene rings is 2. The number of esters is 1. The third-order valence-electron chi connectivity index (χ3n) is 3.27. The molecule has 0 aromatic heterocycles. The predicted octanol–water partition coefficient (Wildman–Crippen LogP) is 4.13. The lowest BCUT2D eigenvalue weighted by Gasteiger charge is -2.05. The van der Waals surface area contributed by atoms with E-state index < -0.39 is 10.9 Å². The van der Waals surface area contributed by atoms with Gasteiger partial charge in [-0.15, -0.1) is 0 Å². The molecule has 0 saturated carbocycles. The van der Waals surface area contributed by atoms with Crippen molar-refractivity contribution in [1.29, 1.82) is 5.26 Å². The molecule has 0 saturated heterocycles. The topological polar surface area (TPSA) is 93.2 Å². The monoisotopic (exact) mass is 354 g/mol. The first-order valence-corrected chi connectivity index (χ1v) is 7.99. The maximum atomic E-state index is 11.5. The summed E-state index contributed by atoms with van der Waals surface area (Å²) in [6, 6.07) is 13.9. The minimum Gasteiger partial charge on any atom is -0.465 e. The van der Waals surface area contributed by atoms with E-state index >= 15 is 0 Å². The van der Waals surface area contributed by atoms with Crippen LogP contribution in [0, 0.1) is 28.4 Å². The average molecular weight is 354 g/mol. The van der Waals surface area contributed by atoms with Crippen LogP contribution in [0.15, 0.2) is 57.8 Å². The number of carbonyl (C=O) groups excluding carboxylic acids is 1. The number of hydrogen-bond donors (Lipinski definition) is 0. The number of nitro benzene ring substituents is 1. The standard InChI is InChI=1S/C18H14N2O4S/c1-12-3-6-15(7-4-12)25-17-8-5-13(10-16(17)20(22)23)9-14(11-19)18(21)24-2/h3-10H,1-2H3. The Morgan fingerprint density at radius 3 is 2.52 bits per heavy atom. The first kappa shape index (κ1) is 18.2. The van der Waals surface area contributed by atoms with Gasteiger partial charge in [0.2, 0.25) is 0 Å². The van der Waals surface area contributed by atoms with Crippen molar-refractivity contribution in [2.75, 3.05) is 7.11 Å². The molecule has 126 valence electrons. The fourth-order valence-corrected chi connectivity index (χ4v) is 2.90. The lowest BCUT2D eigenvalue weighted by atomic mass is 10.1. The van der Waals surface area contributed by atoms with Gasteiger partial charge in [0.1, 0.15) is 11.6 Å². The van der Waals surface area contributed by atoms with Crippen molar-refractivity contribution >= 4 is 29.5 Å². The van der Waals surface area contributed by atoms with E-state index in [0.29, 0.717) is 10.5 Å². The third kappa shape index (κ3) is 4.68. The lowest BCUT2D eigenvalue weighted by Crippen LogP contribution is -2.02. The molecule has 2 aromatic carbocycles. The van der Waals surface area contributed by atoms with E-state index in [9.17, 15) is 14.9 Å². The minimum absolute atomic E-state index is 0.0959. The van der Waals surface area contributed by atoms with Gasteiger partial charge in [0.05, 0.1) is 16.9 Å². The Kier molecular flexibility index (Phi) is 5.93. The van der Waals surface area contributed by atoms with Crippen molar-refractivity contribution in [3.05, 3.63) is 69.3 Å². The van der Waals surface area contributed by atoms with E-state index in [1.54, 1.807) is 18.2 Å². The van der Waals surface area contributed by atoms with Crippen LogP contribution in [-0.2, 0) is 9.53 Å². The molecule has 0 radical (unpaired) electrons. The van der Waals surface area contributed by atoms with Crippen molar-refractivity contribution in [2.24, 2.45) is 0 Å². The van der Waals surface area contributed by atoms with Crippen molar-refractivity contribution in [3.8, 4) is 6.07 Å². The van der Waals surface area contributed by atoms with Crippen molar-refractivity contribution < 1.29 is 14.5 Å². The number of hydrogen-bond acceptors (Lipinski definition) is 6. The highest BCUT2D eigenvalue weighted by molar-refractivity contribution is 7.99. The molecule has 0 aliphatic heterocycles. The van der Waals surface area contributed by atoms with Gasteiger partial charge in [0.15, 0.2) is 0 Å². The molecular weight excluding hydrogens is 340 g/mol. The van der Waals surface area contributed by atoms with Crippen LogP contribution in [0.5, 0.6) is 0 Å². The fourth-order valence-electron chi connectivity index (χ4n) is 2.00. The molecule has 0 fully saturated rings. The molecule has 0 atom stereocenters. The zero-order valence-electron chi connectivity index (χ0n) is 13.6. The van der Waals surface area contributed by atoms with Crippen LogP contribution >= 0.6 is 11.8 Å². The second kappa shape index (κ2) is 8.13.